The van der Waals surface area contributed by atoms with E-state index in [9.17, 15) is 4.79 Å². The second kappa shape index (κ2) is 9.27. The van der Waals surface area contributed by atoms with Crippen LogP contribution in [0.3, 0.4) is 0 Å². The summed E-state index contributed by atoms with van der Waals surface area (Å²) in [5, 5.41) is 6.94. The van der Waals surface area contributed by atoms with Gasteiger partial charge < -0.3 is 10.6 Å². The van der Waals surface area contributed by atoms with E-state index in [1.165, 1.54) is 42.5 Å². The fraction of sp³-hybridized carbons (Fsp3) is 0.696. The fourth-order valence-corrected chi connectivity index (χ4v) is 5.59. The number of benzene rings is 1. The minimum absolute atomic E-state index is 0.122. The molecule has 29 heavy (non-hydrogen) atoms. The molecule has 6 heteroatoms. The van der Waals surface area contributed by atoms with Crippen LogP contribution in [0.1, 0.15) is 77.3 Å². The summed E-state index contributed by atoms with van der Waals surface area (Å²) in [6.45, 7) is 15.5. The monoisotopic (exact) mass is 418 g/mol. The lowest BCUT2D eigenvalue weighted by Gasteiger charge is -2.46. The Morgan fingerprint density at radius 1 is 1.24 bits per heavy atom. The van der Waals surface area contributed by atoms with E-state index in [2.05, 4.69) is 80.0 Å². The van der Waals surface area contributed by atoms with Gasteiger partial charge in [-0.05, 0) is 68.1 Å². The van der Waals surface area contributed by atoms with Gasteiger partial charge in [0, 0.05) is 35.6 Å². The van der Waals surface area contributed by atoms with Crippen LogP contribution in [0.2, 0.25) is 0 Å². The van der Waals surface area contributed by atoms with Gasteiger partial charge >= 0.3 is 6.03 Å². The molecule has 0 spiro atoms. The Labute approximate surface area is 180 Å². The molecule has 0 bridgehead atoms. The SMILES string of the molecule is CC(C)c1cccc(C(C)C)c1NC(=O)NSCC1NC(C)(C)CN2CCCC12. The largest absolute Gasteiger partial charge is 0.329 e. The number of hydrogen-bond donors (Lipinski definition) is 3. The van der Waals surface area contributed by atoms with Gasteiger partial charge in [0.1, 0.15) is 0 Å². The Kier molecular flexibility index (Phi) is 7.18. The summed E-state index contributed by atoms with van der Waals surface area (Å²) in [6, 6.07) is 7.18. The fourth-order valence-electron chi connectivity index (χ4n) is 4.84. The predicted octanol–water partition coefficient (Wildman–Crippen LogP) is 4.92. The number of hydrogen-bond acceptors (Lipinski definition) is 4. The molecule has 2 aliphatic heterocycles. The molecule has 5 nitrogen and oxygen atoms in total. The van der Waals surface area contributed by atoms with Crippen molar-refractivity contribution < 1.29 is 4.79 Å². The summed E-state index contributed by atoms with van der Waals surface area (Å²) in [7, 11) is 0. The predicted molar refractivity (Wildman–Crippen MR) is 125 cm³/mol. The van der Waals surface area contributed by atoms with E-state index in [1.807, 2.05) is 0 Å². The number of carbonyl (C=O) groups excluding carboxylic acids is 1. The number of para-hydroxylation sites is 1. The smallest absolute Gasteiger partial charge is 0.307 e. The van der Waals surface area contributed by atoms with E-state index in [0.717, 1.165) is 18.0 Å². The highest BCUT2D eigenvalue weighted by molar-refractivity contribution is 7.98. The lowest BCUT2D eigenvalue weighted by Crippen LogP contribution is -2.65. The molecule has 0 radical (unpaired) electrons. The van der Waals surface area contributed by atoms with E-state index in [0.29, 0.717) is 23.9 Å². The molecule has 0 aliphatic carbocycles. The molecule has 0 aromatic heterocycles. The van der Waals surface area contributed by atoms with E-state index in [-0.39, 0.29) is 11.6 Å². The van der Waals surface area contributed by atoms with Crippen LogP contribution < -0.4 is 15.4 Å². The first-order chi connectivity index (χ1) is 13.7. The Bertz CT molecular complexity index is 693. The minimum Gasteiger partial charge on any atom is -0.307 e. The molecule has 1 aromatic carbocycles. The molecule has 0 saturated carbocycles. The summed E-state index contributed by atoms with van der Waals surface area (Å²) in [4.78, 5) is 15.3. The third-order valence-corrected chi connectivity index (χ3v) is 6.95. The Balaban J connectivity index is 1.59. The third-order valence-electron chi connectivity index (χ3n) is 6.09. The quantitative estimate of drug-likeness (QED) is 0.574. The van der Waals surface area contributed by atoms with Crippen LogP contribution in [0.4, 0.5) is 10.5 Å². The second-order valence-electron chi connectivity index (χ2n) is 9.80. The van der Waals surface area contributed by atoms with Crippen molar-refractivity contribution in [3.63, 3.8) is 0 Å². The summed E-state index contributed by atoms with van der Waals surface area (Å²) >= 11 is 1.51. The first-order valence-corrected chi connectivity index (χ1v) is 12.0. The molecule has 3 N–H and O–H groups in total. The van der Waals surface area contributed by atoms with Crippen LogP contribution in [-0.4, -0.2) is 47.4 Å². The summed E-state index contributed by atoms with van der Waals surface area (Å²) < 4.78 is 3.03. The number of rotatable bonds is 6. The van der Waals surface area contributed by atoms with Crippen LogP contribution in [0.5, 0.6) is 0 Å². The van der Waals surface area contributed by atoms with Gasteiger partial charge in [-0.15, -0.1) is 0 Å². The number of urea groups is 1. The average molecular weight is 419 g/mol. The molecule has 2 heterocycles. The highest BCUT2D eigenvalue weighted by Gasteiger charge is 2.41. The number of carbonyl (C=O) groups is 1. The maximum absolute atomic E-state index is 12.7. The molecule has 2 fully saturated rings. The minimum atomic E-state index is -0.136. The first kappa shape index (κ1) is 22.4. The van der Waals surface area contributed by atoms with Crippen molar-refractivity contribution >= 4 is 23.7 Å². The van der Waals surface area contributed by atoms with Crippen molar-refractivity contribution in [3.05, 3.63) is 29.3 Å². The Hall–Kier alpha value is -1.24. The number of anilines is 1. The Morgan fingerprint density at radius 3 is 2.52 bits per heavy atom. The van der Waals surface area contributed by atoms with Gasteiger partial charge in [0.15, 0.2) is 0 Å². The lowest BCUT2D eigenvalue weighted by molar-refractivity contribution is 0.0967. The molecule has 162 valence electrons. The van der Waals surface area contributed by atoms with Crippen LogP contribution in [0, 0.1) is 0 Å². The average Bonchev–Trinajstić information content (AvgIpc) is 3.08. The molecule has 1 aromatic rings. The first-order valence-electron chi connectivity index (χ1n) is 11.0. The van der Waals surface area contributed by atoms with Gasteiger partial charge in [-0.25, -0.2) is 4.79 Å². The summed E-state index contributed by atoms with van der Waals surface area (Å²) in [6.07, 6.45) is 2.53. The second-order valence-corrected chi connectivity index (χ2v) is 10.6. The zero-order valence-electron chi connectivity index (χ0n) is 18.8. The Morgan fingerprint density at radius 2 is 1.90 bits per heavy atom. The maximum Gasteiger partial charge on any atom is 0.329 e. The number of nitrogens with zero attached hydrogens (tertiary/aromatic N) is 1. The number of piperazine rings is 1. The normalized spacial score (nSPS) is 24.0. The third kappa shape index (κ3) is 5.47. The van der Waals surface area contributed by atoms with Crippen LogP contribution >= 0.6 is 11.9 Å². The van der Waals surface area contributed by atoms with Crippen molar-refractivity contribution in [2.75, 3.05) is 24.2 Å². The van der Waals surface area contributed by atoms with Crippen molar-refractivity contribution in [3.8, 4) is 0 Å². The van der Waals surface area contributed by atoms with E-state index >= 15 is 0 Å². The standard InChI is InChI=1S/C23H38N4OS/c1-15(2)17-9-7-10-18(16(3)4)21(17)24-22(28)26-29-13-19-20-11-8-12-27(20)14-23(5,6)25-19/h7,9-10,15-16,19-20,25H,8,11-14H2,1-6H3,(H2,24,26,28). The maximum atomic E-state index is 12.7. The van der Waals surface area contributed by atoms with Gasteiger partial charge in [-0.2, -0.15) is 0 Å². The molecule has 2 saturated heterocycles. The molecule has 2 amide bonds. The highest BCUT2D eigenvalue weighted by Crippen LogP contribution is 2.33. The van der Waals surface area contributed by atoms with Crippen molar-refractivity contribution in [2.45, 2.75) is 83.8 Å². The zero-order chi connectivity index (χ0) is 21.2. The van der Waals surface area contributed by atoms with Crippen LogP contribution in [0.15, 0.2) is 18.2 Å². The zero-order valence-corrected chi connectivity index (χ0v) is 19.7. The molecule has 2 unspecified atom stereocenters. The molecule has 2 aliphatic rings. The van der Waals surface area contributed by atoms with Crippen molar-refractivity contribution in [2.24, 2.45) is 0 Å². The summed E-state index contributed by atoms with van der Waals surface area (Å²) in [5.41, 5.74) is 3.47. The number of fused-ring (bicyclic) bond motifs is 1. The van der Waals surface area contributed by atoms with Crippen LogP contribution in [-0.2, 0) is 0 Å². The number of nitrogens with one attached hydrogen (secondary N) is 3. The van der Waals surface area contributed by atoms with Gasteiger partial charge in [0.2, 0.25) is 0 Å². The van der Waals surface area contributed by atoms with Gasteiger partial charge in [0.05, 0.1) is 0 Å². The van der Waals surface area contributed by atoms with E-state index < -0.39 is 0 Å². The van der Waals surface area contributed by atoms with Crippen LogP contribution in [0.25, 0.3) is 0 Å². The van der Waals surface area contributed by atoms with Gasteiger partial charge in [-0.1, -0.05) is 45.9 Å². The highest BCUT2D eigenvalue weighted by atomic mass is 32.2. The molecular formula is C23H38N4OS. The topological polar surface area (TPSA) is 56.4 Å². The summed E-state index contributed by atoms with van der Waals surface area (Å²) in [5.74, 6) is 1.60. The van der Waals surface area contributed by atoms with E-state index in [4.69, 9.17) is 0 Å². The molecular weight excluding hydrogens is 380 g/mol. The van der Waals surface area contributed by atoms with Crippen molar-refractivity contribution in [1.82, 2.24) is 14.9 Å². The van der Waals surface area contributed by atoms with Crippen molar-refractivity contribution in [1.29, 1.82) is 0 Å². The molecule has 3 rings (SSSR count). The van der Waals surface area contributed by atoms with Gasteiger partial charge in [-0.3, -0.25) is 9.62 Å². The lowest BCUT2D eigenvalue weighted by atomic mass is 9.93. The number of amides is 2. The molecule has 2 atom stereocenters. The van der Waals surface area contributed by atoms with E-state index in [1.54, 1.807) is 0 Å². The van der Waals surface area contributed by atoms with Gasteiger partial charge in [0.25, 0.3) is 0 Å².